The second kappa shape index (κ2) is 6.17. The molecule has 0 spiro atoms. The van der Waals surface area contributed by atoms with Crippen LogP contribution in [0.4, 0.5) is 0 Å². The molecule has 1 aliphatic rings. The molecule has 2 rings (SSSR count). The van der Waals surface area contributed by atoms with Crippen LogP contribution in [0.5, 0.6) is 5.75 Å². The molecule has 2 unspecified atom stereocenters. The Balaban J connectivity index is 2.36. The third-order valence-corrected chi connectivity index (χ3v) is 4.75. The summed E-state index contributed by atoms with van der Waals surface area (Å²) < 4.78 is 5.19. The van der Waals surface area contributed by atoms with Gasteiger partial charge in [0.2, 0.25) is 0 Å². The Bertz CT molecular complexity index is 520. The first-order chi connectivity index (χ1) is 9.60. The minimum absolute atomic E-state index is 0.103. The maximum absolute atomic E-state index is 12.7. The minimum Gasteiger partial charge on any atom is -0.496 e. The lowest BCUT2D eigenvalue weighted by atomic mass is 10.1. The van der Waals surface area contributed by atoms with Crippen LogP contribution in [0, 0.1) is 0 Å². The highest BCUT2D eigenvalue weighted by atomic mass is 32.2. The number of aliphatic carboxylic acids is 1. The standard InChI is InChI=1S/C14H17NO4S/c1-3-12-15(10(8-20-12)14(17)18)13(16)9-6-4-5-7-11(9)19-2/h4-7,10,12H,3,8H2,1-2H3,(H,17,18). The molecule has 6 heteroatoms. The number of carbonyl (C=O) groups excluding carboxylic acids is 1. The van der Waals surface area contributed by atoms with Crippen molar-refractivity contribution in [2.24, 2.45) is 0 Å². The lowest BCUT2D eigenvalue weighted by molar-refractivity contribution is -0.141. The Kier molecular flexibility index (Phi) is 4.54. The molecule has 1 amide bonds. The van der Waals surface area contributed by atoms with Crippen molar-refractivity contribution in [2.75, 3.05) is 12.9 Å². The van der Waals surface area contributed by atoms with Crippen molar-refractivity contribution in [3.63, 3.8) is 0 Å². The molecule has 2 atom stereocenters. The molecule has 0 aromatic heterocycles. The highest BCUT2D eigenvalue weighted by Crippen LogP contribution is 2.34. The first kappa shape index (κ1) is 14.7. The summed E-state index contributed by atoms with van der Waals surface area (Å²) in [6.07, 6.45) is 0.718. The van der Waals surface area contributed by atoms with E-state index >= 15 is 0 Å². The van der Waals surface area contributed by atoms with Crippen LogP contribution in [0.2, 0.25) is 0 Å². The molecule has 5 nitrogen and oxygen atoms in total. The van der Waals surface area contributed by atoms with Gasteiger partial charge >= 0.3 is 5.97 Å². The molecule has 0 radical (unpaired) electrons. The number of para-hydroxylation sites is 1. The van der Waals surface area contributed by atoms with Crippen LogP contribution < -0.4 is 4.74 Å². The van der Waals surface area contributed by atoms with E-state index in [0.29, 0.717) is 17.1 Å². The third kappa shape index (κ3) is 2.60. The van der Waals surface area contributed by atoms with Gasteiger partial charge in [0.15, 0.2) is 0 Å². The molecule has 1 aromatic carbocycles. The largest absolute Gasteiger partial charge is 0.496 e. The van der Waals surface area contributed by atoms with Gasteiger partial charge in [-0.05, 0) is 18.6 Å². The molecule has 1 aliphatic heterocycles. The van der Waals surface area contributed by atoms with Crippen LogP contribution in [0.1, 0.15) is 23.7 Å². The fourth-order valence-corrected chi connectivity index (χ4v) is 3.65. The zero-order valence-electron chi connectivity index (χ0n) is 11.4. The van der Waals surface area contributed by atoms with Crippen LogP contribution >= 0.6 is 11.8 Å². The Morgan fingerprint density at radius 2 is 2.15 bits per heavy atom. The zero-order chi connectivity index (χ0) is 14.7. The van der Waals surface area contributed by atoms with Gasteiger partial charge in [-0.25, -0.2) is 4.79 Å². The highest BCUT2D eigenvalue weighted by Gasteiger charge is 2.41. The second-order valence-electron chi connectivity index (χ2n) is 4.46. The molecule has 1 fully saturated rings. The van der Waals surface area contributed by atoms with Crippen molar-refractivity contribution >= 4 is 23.6 Å². The molecule has 0 aliphatic carbocycles. The lowest BCUT2D eigenvalue weighted by Crippen LogP contribution is -2.45. The molecule has 0 bridgehead atoms. The first-order valence-electron chi connectivity index (χ1n) is 6.40. The van der Waals surface area contributed by atoms with Gasteiger partial charge in [0, 0.05) is 5.75 Å². The van der Waals surface area contributed by atoms with E-state index in [-0.39, 0.29) is 11.3 Å². The van der Waals surface area contributed by atoms with E-state index in [9.17, 15) is 14.7 Å². The predicted octanol–water partition coefficient (Wildman–Crippen LogP) is 2.07. The van der Waals surface area contributed by atoms with E-state index in [2.05, 4.69) is 0 Å². The van der Waals surface area contributed by atoms with Crippen molar-refractivity contribution in [3.8, 4) is 5.75 Å². The van der Waals surface area contributed by atoms with Crippen LogP contribution in [0.15, 0.2) is 24.3 Å². The molecule has 1 saturated heterocycles. The van der Waals surface area contributed by atoms with E-state index in [4.69, 9.17) is 4.74 Å². The molecular formula is C14H17NO4S. The number of ether oxygens (including phenoxy) is 1. The maximum Gasteiger partial charge on any atom is 0.327 e. The summed E-state index contributed by atoms with van der Waals surface area (Å²) in [5.74, 6) is -0.355. The van der Waals surface area contributed by atoms with Gasteiger partial charge in [-0.1, -0.05) is 19.1 Å². The SMILES string of the molecule is CCC1SCC(C(=O)O)N1C(=O)c1ccccc1OC. The van der Waals surface area contributed by atoms with Crippen molar-refractivity contribution in [3.05, 3.63) is 29.8 Å². The average Bonchev–Trinajstić information content (AvgIpc) is 2.90. The number of hydrogen-bond donors (Lipinski definition) is 1. The second-order valence-corrected chi connectivity index (χ2v) is 5.67. The van der Waals surface area contributed by atoms with Gasteiger partial charge < -0.3 is 14.7 Å². The number of rotatable bonds is 4. The van der Waals surface area contributed by atoms with E-state index < -0.39 is 12.0 Å². The lowest BCUT2D eigenvalue weighted by Gasteiger charge is -2.27. The summed E-state index contributed by atoms with van der Waals surface area (Å²) in [7, 11) is 1.50. The number of nitrogens with zero attached hydrogens (tertiary/aromatic N) is 1. The Labute approximate surface area is 121 Å². The maximum atomic E-state index is 12.7. The summed E-state index contributed by atoms with van der Waals surface area (Å²) in [5, 5.41) is 9.18. The van der Waals surface area contributed by atoms with Gasteiger partial charge in [-0.3, -0.25) is 4.79 Å². The van der Waals surface area contributed by atoms with Crippen molar-refractivity contribution in [1.29, 1.82) is 0 Å². The molecule has 20 heavy (non-hydrogen) atoms. The van der Waals surface area contributed by atoms with Gasteiger partial charge in [0.05, 0.1) is 18.0 Å². The molecule has 1 heterocycles. The summed E-state index contributed by atoms with van der Waals surface area (Å²) in [6, 6.07) is 6.11. The first-order valence-corrected chi connectivity index (χ1v) is 7.45. The minimum atomic E-state index is -0.961. The van der Waals surface area contributed by atoms with Crippen LogP contribution in [-0.2, 0) is 4.79 Å². The van der Waals surface area contributed by atoms with Crippen LogP contribution in [-0.4, -0.2) is 46.2 Å². The zero-order valence-corrected chi connectivity index (χ0v) is 12.2. The quantitative estimate of drug-likeness (QED) is 0.921. The monoisotopic (exact) mass is 295 g/mol. The normalized spacial score (nSPS) is 21.8. The average molecular weight is 295 g/mol. The molecule has 1 N–H and O–H groups in total. The fraction of sp³-hybridized carbons (Fsp3) is 0.429. The number of thioether (sulfide) groups is 1. The topological polar surface area (TPSA) is 66.8 Å². The summed E-state index contributed by atoms with van der Waals surface area (Å²) in [6.45, 7) is 1.95. The molecular weight excluding hydrogens is 278 g/mol. The number of carboxylic acid groups (broad SMARTS) is 1. The summed E-state index contributed by atoms with van der Waals surface area (Å²) in [5.41, 5.74) is 0.405. The highest BCUT2D eigenvalue weighted by molar-refractivity contribution is 8.00. The van der Waals surface area contributed by atoms with Gasteiger partial charge in [0.25, 0.3) is 5.91 Å². The summed E-state index contributed by atoms with van der Waals surface area (Å²) in [4.78, 5) is 25.5. The predicted molar refractivity (Wildman–Crippen MR) is 77.1 cm³/mol. The number of methoxy groups -OCH3 is 1. The Hall–Kier alpha value is -1.69. The number of benzene rings is 1. The number of carboxylic acids is 1. The van der Waals surface area contributed by atoms with E-state index in [0.717, 1.165) is 6.42 Å². The molecule has 1 aromatic rings. The number of carbonyl (C=O) groups is 2. The van der Waals surface area contributed by atoms with Crippen molar-refractivity contribution < 1.29 is 19.4 Å². The Morgan fingerprint density at radius 3 is 2.75 bits per heavy atom. The Morgan fingerprint density at radius 1 is 1.45 bits per heavy atom. The van der Waals surface area contributed by atoms with Gasteiger partial charge in [-0.15, -0.1) is 11.8 Å². The van der Waals surface area contributed by atoms with Gasteiger partial charge in [0.1, 0.15) is 11.8 Å². The van der Waals surface area contributed by atoms with Crippen molar-refractivity contribution in [1.82, 2.24) is 4.90 Å². The third-order valence-electron chi connectivity index (χ3n) is 3.30. The number of amides is 1. The van der Waals surface area contributed by atoms with Gasteiger partial charge in [-0.2, -0.15) is 0 Å². The molecule has 0 saturated carbocycles. The van der Waals surface area contributed by atoms with E-state index in [1.54, 1.807) is 24.3 Å². The van der Waals surface area contributed by atoms with Crippen LogP contribution in [0.25, 0.3) is 0 Å². The van der Waals surface area contributed by atoms with E-state index in [1.807, 2.05) is 6.92 Å². The smallest absolute Gasteiger partial charge is 0.327 e. The molecule has 108 valence electrons. The van der Waals surface area contributed by atoms with Crippen LogP contribution in [0.3, 0.4) is 0 Å². The van der Waals surface area contributed by atoms with E-state index in [1.165, 1.54) is 23.8 Å². The number of hydrogen-bond acceptors (Lipinski definition) is 4. The van der Waals surface area contributed by atoms with Crippen molar-refractivity contribution in [2.45, 2.75) is 24.8 Å². The fourth-order valence-electron chi connectivity index (χ4n) is 2.30. The summed E-state index contributed by atoms with van der Waals surface area (Å²) >= 11 is 1.51.